The van der Waals surface area contributed by atoms with Crippen molar-refractivity contribution in [3.63, 3.8) is 0 Å². The highest BCUT2D eigenvalue weighted by atomic mass is 16.3. The fourth-order valence-corrected chi connectivity index (χ4v) is 2.35. The highest BCUT2D eigenvalue weighted by molar-refractivity contribution is 5.42. The molecule has 18 heavy (non-hydrogen) atoms. The van der Waals surface area contributed by atoms with Crippen LogP contribution in [0, 0.1) is 11.8 Å². The molecule has 0 radical (unpaired) electrons. The zero-order valence-corrected chi connectivity index (χ0v) is 11.0. The van der Waals surface area contributed by atoms with Gasteiger partial charge < -0.3 is 10.0 Å². The Kier molecular flexibility index (Phi) is 3.25. The van der Waals surface area contributed by atoms with Crippen LogP contribution in [0.25, 0.3) is 0 Å². The van der Waals surface area contributed by atoms with Crippen molar-refractivity contribution in [2.24, 2.45) is 11.8 Å². The molecule has 0 aliphatic heterocycles. The minimum atomic E-state index is -0.407. The van der Waals surface area contributed by atoms with E-state index in [9.17, 15) is 5.11 Å². The van der Waals surface area contributed by atoms with Crippen molar-refractivity contribution in [3.05, 3.63) is 23.9 Å². The number of aliphatic hydroxyl groups is 1. The van der Waals surface area contributed by atoms with Crippen molar-refractivity contribution in [2.45, 2.75) is 38.7 Å². The van der Waals surface area contributed by atoms with E-state index < -0.39 is 6.10 Å². The minimum absolute atomic E-state index is 0.407. The number of hydrogen-bond acceptors (Lipinski definition) is 3. The molecule has 1 aromatic heterocycles. The number of pyridine rings is 1. The van der Waals surface area contributed by atoms with E-state index in [0.29, 0.717) is 0 Å². The van der Waals surface area contributed by atoms with E-state index in [0.717, 1.165) is 36.3 Å². The molecule has 0 bridgehead atoms. The van der Waals surface area contributed by atoms with Crippen molar-refractivity contribution in [3.8, 4) is 0 Å². The summed E-state index contributed by atoms with van der Waals surface area (Å²) < 4.78 is 0. The molecule has 1 atom stereocenters. The van der Waals surface area contributed by atoms with E-state index in [1.54, 1.807) is 0 Å². The fourth-order valence-electron chi connectivity index (χ4n) is 2.35. The van der Waals surface area contributed by atoms with Gasteiger partial charge in [-0.25, -0.2) is 4.98 Å². The van der Waals surface area contributed by atoms with Crippen molar-refractivity contribution < 1.29 is 5.11 Å². The first-order chi connectivity index (χ1) is 8.72. The molecule has 0 amide bonds. The molecule has 3 nitrogen and oxygen atoms in total. The Morgan fingerprint density at radius 3 is 2.39 bits per heavy atom. The SMILES string of the molecule is C[C@H](O)c1ccnc(N(CC2CC2)CC2CC2)c1. The first-order valence-corrected chi connectivity index (χ1v) is 7.11. The maximum absolute atomic E-state index is 9.67. The molecule has 98 valence electrons. The highest BCUT2D eigenvalue weighted by Crippen LogP contribution is 2.35. The van der Waals surface area contributed by atoms with Crippen LogP contribution in [-0.2, 0) is 0 Å². The molecule has 0 spiro atoms. The van der Waals surface area contributed by atoms with Crippen molar-refractivity contribution in [1.82, 2.24) is 4.98 Å². The van der Waals surface area contributed by atoms with E-state index in [4.69, 9.17) is 0 Å². The maximum atomic E-state index is 9.67. The Labute approximate surface area is 109 Å². The van der Waals surface area contributed by atoms with E-state index in [2.05, 4.69) is 16.0 Å². The van der Waals surface area contributed by atoms with E-state index in [-0.39, 0.29) is 0 Å². The number of rotatable bonds is 6. The van der Waals surface area contributed by atoms with E-state index in [1.807, 2.05) is 19.2 Å². The standard InChI is InChI=1S/C15H22N2O/c1-11(18)14-6-7-16-15(8-14)17(9-12-2-3-12)10-13-4-5-13/h6-8,11-13,18H,2-5,9-10H2,1H3/t11-/m0/s1. The van der Waals surface area contributed by atoms with Crippen LogP contribution < -0.4 is 4.90 Å². The first-order valence-electron chi connectivity index (χ1n) is 7.11. The summed E-state index contributed by atoms with van der Waals surface area (Å²) in [5.74, 6) is 2.80. The van der Waals surface area contributed by atoms with E-state index in [1.165, 1.54) is 25.7 Å². The summed E-state index contributed by atoms with van der Waals surface area (Å²) in [6, 6.07) is 3.95. The van der Waals surface area contributed by atoms with Gasteiger partial charge in [0.25, 0.3) is 0 Å². The highest BCUT2D eigenvalue weighted by Gasteiger charge is 2.29. The quantitative estimate of drug-likeness (QED) is 0.838. The molecule has 1 heterocycles. The Morgan fingerprint density at radius 2 is 1.89 bits per heavy atom. The summed E-state index contributed by atoms with van der Waals surface area (Å²) in [4.78, 5) is 6.93. The van der Waals surface area contributed by atoms with Gasteiger partial charge in [-0.05, 0) is 62.1 Å². The summed E-state index contributed by atoms with van der Waals surface area (Å²) in [5, 5.41) is 9.67. The third-order valence-electron chi connectivity index (χ3n) is 3.93. The number of nitrogens with zero attached hydrogens (tertiary/aromatic N) is 2. The Morgan fingerprint density at radius 1 is 1.28 bits per heavy atom. The lowest BCUT2D eigenvalue weighted by molar-refractivity contribution is 0.199. The second-order valence-corrected chi connectivity index (χ2v) is 5.92. The van der Waals surface area contributed by atoms with Gasteiger partial charge in [-0.3, -0.25) is 0 Å². The zero-order valence-electron chi connectivity index (χ0n) is 11.0. The summed E-state index contributed by atoms with van der Waals surface area (Å²) in [5.41, 5.74) is 0.969. The molecule has 0 aromatic carbocycles. The second kappa shape index (κ2) is 4.88. The molecule has 2 aliphatic rings. The van der Waals surface area contributed by atoms with Crippen LogP contribution in [0.15, 0.2) is 18.3 Å². The smallest absolute Gasteiger partial charge is 0.128 e. The lowest BCUT2D eigenvalue weighted by Crippen LogP contribution is -2.29. The summed E-state index contributed by atoms with van der Waals surface area (Å²) >= 11 is 0. The lowest BCUT2D eigenvalue weighted by Gasteiger charge is -2.24. The molecular formula is C15H22N2O. The summed E-state index contributed by atoms with van der Waals surface area (Å²) in [7, 11) is 0. The van der Waals surface area contributed by atoms with Crippen molar-refractivity contribution in [2.75, 3.05) is 18.0 Å². The number of hydrogen-bond donors (Lipinski definition) is 1. The third-order valence-corrected chi connectivity index (χ3v) is 3.93. The largest absolute Gasteiger partial charge is 0.389 e. The van der Waals surface area contributed by atoms with Crippen LogP contribution >= 0.6 is 0 Å². The average Bonchev–Trinajstić information content (AvgIpc) is 3.23. The topological polar surface area (TPSA) is 36.4 Å². The van der Waals surface area contributed by atoms with Crippen LogP contribution in [0.1, 0.15) is 44.3 Å². The fraction of sp³-hybridized carbons (Fsp3) is 0.667. The normalized spacial score (nSPS) is 20.8. The van der Waals surface area contributed by atoms with Crippen LogP contribution in [0.2, 0.25) is 0 Å². The molecule has 0 saturated heterocycles. The number of aromatic nitrogens is 1. The van der Waals surface area contributed by atoms with Gasteiger partial charge in [0.15, 0.2) is 0 Å². The summed E-state index contributed by atoms with van der Waals surface area (Å²) in [6.07, 6.45) is 6.91. The van der Waals surface area contributed by atoms with Crippen LogP contribution in [-0.4, -0.2) is 23.2 Å². The number of aliphatic hydroxyl groups excluding tert-OH is 1. The van der Waals surface area contributed by atoms with Gasteiger partial charge in [0.1, 0.15) is 5.82 Å². The second-order valence-electron chi connectivity index (χ2n) is 5.92. The molecular weight excluding hydrogens is 224 g/mol. The van der Waals surface area contributed by atoms with Gasteiger partial charge in [-0.1, -0.05) is 0 Å². The lowest BCUT2D eigenvalue weighted by atomic mass is 10.1. The molecule has 2 saturated carbocycles. The molecule has 1 aromatic rings. The molecule has 2 aliphatic carbocycles. The molecule has 0 unspecified atom stereocenters. The Balaban J connectivity index is 1.75. The zero-order chi connectivity index (χ0) is 12.5. The van der Waals surface area contributed by atoms with Gasteiger partial charge in [0, 0.05) is 19.3 Å². The van der Waals surface area contributed by atoms with Crippen LogP contribution in [0.4, 0.5) is 5.82 Å². The monoisotopic (exact) mass is 246 g/mol. The molecule has 1 N–H and O–H groups in total. The Bertz CT molecular complexity index is 397. The van der Waals surface area contributed by atoms with Crippen molar-refractivity contribution in [1.29, 1.82) is 0 Å². The third kappa shape index (κ3) is 3.02. The van der Waals surface area contributed by atoms with Gasteiger partial charge in [-0.15, -0.1) is 0 Å². The van der Waals surface area contributed by atoms with Gasteiger partial charge >= 0.3 is 0 Å². The number of anilines is 1. The predicted molar refractivity (Wildman–Crippen MR) is 72.5 cm³/mol. The maximum Gasteiger partial charge on any atom is 0.128 e. The molecule has 2 fully saturated rings. The predicted octanol–water partition coefficient (Wildman–Crippen LogP) is 2.76. The minimum Gasteiger partial charge on any atom is -0.389 e. The van der Waals surface area contributed by atoms with Gasteiger partial charge in [0.2, 0.25) is 0 Å². The van der Waals surface area contributed by atoms with Gasteiger partial charge in [0.05, 0.1) is 6.10 Å². The Hall–Kier alpha value is -1.09. The van der Waals surface area contributed by atoms with Crippen LogP contribution in [0.5, 0.6) is 0 Å². The van der Waals surface area contributed by atoms with E-state index >= 15 is 0 Å². The molecule has 3 rings (SSSR count). The van der Waals surface area contributed by atoms with Crippen molar-refractivity contribution >= 4 is 5.82 Å². The van der Waals surface area contributed by atoms with Crippen LogP contribution in [0.3, 0.4) is 0 Å². The first kappa shape index (κ1) is 12.0. The summed E-state index contributed by atoms with van der Waals surface area (Å²) in [6.45, 7) is 4.10. The average molecular weight is 246 g/mol. The van der Waals surface area contributed by atoms with Gasteiger partial charge in [-0.2, -0.15) is 0 Å². The molecule has 3 heteroatoms.